The van der Waals surface area contributed by atoms with E-state index >= 15 is 0 Å². The number of hydrogen-bond donors (Lipinski definition) is 2. The zero-order valence-electron chi connectivity index (χ0n) is 13.1. The Morgan fingerprint density at radius 1 is 1.33 bits per heavy atom. The third-order valence-electron chi connectivity index (χ3n) is 4.11. The molecule has 0 unspecified atom stereocenters. The van der Waals surface area contributed by atoms with E-state index in [-0.39, 0.29) is 6.04 Å². The molecule has 0 bridgehead atoms. The zero-order chi connectivity index (χ0) is 15.3. The Balaban J connectivity index is 2.10. The van der Waals surface area contributed by atoms with Gasteiger partial charge in [0.1, 0.15) is 0 Å². The van der Waals surface area contributed by atoms with Crippen LogP contribution < -0.4 is 5.32 Å². The van der Waals surface area contributed by atoms with Crippen molar-refractivity contribution in [3.8, 4) is 0 Å². The minimum Gasteiger partial charge on any atom is -0.363 e. The fourth-order valence-electron chi connectivity index (χ4n) is 3.02. The van der Waals surface area contributed by atoms with Gasteiger partial charge in [0, 0.05) is 31.0 Å². The molecule has 1 aromatic rings. The molecule has 1 fully saturated rings. The van der Waals surface area contributed by atoms with Crippen molar-refractivity contribution in [1.82, 2.24) is 14.6 Å². The number of rotatable bonds is 8. The number of H-pyrrole nitrogens is 1. The summed E-state index contributed by atoms with van der Waals surface area (Å²) >= 11 is 0. The minimum absolute atomic E-state index is 0.177. The molecule has 0 saturated heterocycles. The summed E-state index contributed by atoms with van der Waals surface area (Å²) < 4.78 is 27.2. The lowest BCUT2D eigenvalue weighted by atomic mass is 10.2. The molecule has 0 aromatic carbocycles. The SMILES string of the molecule is CCCNCc1cc(S(=O)(=O)N(CC)C2CCCC2)c[nH]1. The molecule has 0 atom stereocenters. The molecule has 120 valence electrons. The van der Waals surface area contributed by atoms with Gasteiger partial charge in [0.05, 0.1) is 4.90 Å². The third kappa shape index (κ3) is 3.87. The van der Waals surface area contributed by atoms with Crippen molar-refractivity contribution >= 4 is 10.0 Å². The van der Waals surface area contributed by atoms with Crippen molar-refractivity contribution in [3.63, 3.8) is 0 Å². The molecule has 6 heteroatoms. The summed E-state index contributed by atoms with van der Waals surface area (Å²) in [4.78, 5) is 3.47. The summed E-state index contributed by atoms with van der Waals surface area (Å²) in [5, 5.41) is 3.27. The van der Waals surface area contributed by atoms with Crippen LogP contribution in [0.3, 0.4) is 0 Å². The first-order chi connectivity index (χ1) is 10.1. The van der Waals surface area contributed by atoms with E-state index < -0.39 is 10.0 Å². The predicted octanol–water partition coefficient (Wildman–Crippen LogP) is 2.47. The second kappa shape index (κ2) is 7.42. The predicted molar refractivity (Wildman–Crippen MR) is 84.6 cm³/mol. The molecule has 2 rings (SSSR count). The van der Waals surface area contributed by atoms with E-state index in [0.29, 0.717) is 18.0 Å². The highest BCUT2D eigenvalue weighted by Crippen LogP contribution is 2.28. The summed E-state index contributed by atoms with van der Waals surface area (Å²) in [6.07, 6.45) is 6.93. The molecule has 0 spiro atoms. The lowest BCUT2D eigenvalue weighted by molar-refractivity contribution is 0.335. The highest BCUT2D eigenvalue weighted by Gasteiger charge is 2.32. The highest BCUT2D eigenvalue weighted by atomic mass is 32.2. The fraction of sp³-hybridized carbons (Fsp3) is 0.733. The van der Waals surface area contributed by atoms with Crippen LogP contribution in [-0.2, 0) is 16.6 Å². The number of hydrogen-bond acceptors (Lipinski definition) is 3. The lowest BCUT2D eigenvalue weighted by Crippen LogP contribution is -2.38. The molecule has 0 amide bonds. The first-order valence-electron chi connectivity index (χ1n) is 7.99. The van der Waals surface area contributed by atoms with Crippen LogP contribution >= 0.6 is 0 Å². The van der Waals surface area contributed by atoms with E-state index in [9.17, 15) is 8.42 Å². The normalized spacial score (nSPS) is 16.9. The first kappa shape index (κ1) is 16.5. The second-order valence-electron chi connectivity index (χ2n) is 5.68. The quantitative estimate of drug-likeness (QED) is 0.725. The van der Waals surface area contributed by atoms with Crippen molar-refractivity contribution in [1.29, 1.82) is 0 Å². The van der Waals surface area contributed by atoms with E-state index in [1.807, 2.05) is 6.92 Å². The highest BCUT2D eigenvalue weighted by molar-refractivity contribution is 7.89. The van der Waals surface area contributed by atoms with Crippen molar-refractivity contribution in [2.45, 2.75) is 63.4 Å². The van der Waals surface area contributed by atoms with Gasteiger partial charge in [-0.15, -0.1) is 0 Å². The van der Waals surface area contributed by atoms with E-state index in [0.717, 1.165) is 44.3 Å². The van der Waals surface area contributed by atoms with Gasteiger partial charge in [-0.2, -0.15) is 4.31 Å². The lowest BCUT2D eigenvalue weighted by Gasteiger charge is -2.26. The van der Waals surface area contributed by atoms with Gasteiger partial charge in [-0.05, 0) is 31.9 Å². The van der Waals surface area contributed by atoms with E-state index in [4.69, 9.17) is 0 Å². The molecule has 1 aliphatic carbocycles. The standard InChI is InChI=1S/C15H27N3O2S/c1-3-9-16-11-13-10-15(12-17-13)21(19,20)18(4-2)14-7-5-6-8-14/h10,12,14,16-17H,3-9,11H2,1-2H3. The largest absolute Gasteiger partial charge is 0.363 e. The van der Waals surface area contributed by atoms with Gasteiger partial charge in [0.2, 0.25) is 10.0 Å². The maximum Gasteiger partial charge on any atom is 0.244 e. The number of aromatic amines is 1. The van der Waals surface area contributed by atoms with Gasteiger partial charge in [-0.25, -0.2) is 8.42 Å². The summed E-state index contributed by atoms with van der Waals surface area (Å²) in [5.74, 6) is 0. The summed E-state index contributed by atoms with van der Waals surface area (Å²) in [5.41, 5.74) is 0.921. The molecule has 1 heterocycles. The average Bonchev–Trinajstić information content (AvgIpc) is 3.11. The van der Waals surface area contributed by atoms with Crippen molar-refractivity contribution in [2.75, 3.05) is 13.1 Å². The smallest absolute Gasteiger partial charge is 0.244 e. The summed E-state index contributed by atoms with van der Waals surface area (Å²) in [7, 11) is -3.37. The third-order valence-corrected chi connectivity index (χ3v) is 6.11. The Morgan fingerprint density at radius 2 is 2.05 bits per heavy atom. The van der Waals surface area contributed by atoms with Gasteiger partial charge in [0.25, 0.3) is 0 Å². The maximum absolute atomic E-state index is 12.8. The van der Waals surface area contributed by atoms with Crippen LogP contribution in [-0.4, -0.2) is 36.8 Å². The number of sulfonamides is 1. The Labute approximate surface area is 128 Å². The van der Waals surface area contributed by atoms with Crippen LogP contribution in [0.15, 0.2) is 17.2 Å². The Bertz CT molecular complexity index is 533. The zero-order valence-corrected chi connectivity index (χ0v) is 13.9. The summed E-state index contributed by atoms with van der Waals surface area (Å²) in [6, 6.07) is 1.94. The Morgan fingerprint density at radius 3 is 2.67 bits per heavy atom. The molecule has 0 aliphatic heterocycles. The second-order valence-corrected chi connectivity index (χ2v) is 7.57. The Hall–Kier alpha value is -0.850. The van der Waals surface area contributed by atoms with E-state index in [1.165, 1.54) is 0 Å². The van der Waals surface area contributed by atoms with Crippen molar-refractivity contribution in [2.24, 2.45) is 0 Å². The van der Waals surface area contributed by atoms with E-state index in [2.05, 4.69) is 17.2 Å². The van der Waals surface area contributed by atoms with Gasteiger partial charge < -0.3 is 10.3 Å². The number of nitrogens with one attached hydrogen (secondary N) is 2. The molecular weight excluding hydrogens is 286 g/mol. The van der Waals surface area contributed by atoms with Crippen molar-refractivity contribution in [3.05, 3.63) is 18.0 Å². The molecule has 0 radical (unpaired) electrons. The van der Waals surface area contributed by atoms with Crippen LogP contribution in [0, 0.1) is 0 Å². The van der Waals surface area contributed by atoms with Gasteiger partial charge in [-0.3, -0.25) is 0 Å². The van der Waals surface area contributed by atoms with Crippen molar-refractivity contribution < 1.29 is 8.42 Å². The molecule has 1 saturated carbocycles. The van der Waals surface area contributed by atoms with Gasteiger partial charge in [-0.1, -0.05) is 26.7 Å². The first-order valence-corrected chi connectivity index (χ1v) is 9.43. The minimum atomic E-state index is -3.37. The van der Waals surface area contributed by atoms with Crippen LogP contribution in [0.25, 0.3) is 0 Å². The van der Waals surface area contributed by atoms with Crippen LogP contribution in [0.1, 0.15) is 51.6 Å². The molecule has 5 nitrogen and oxygen atoms in total. The Kier molecular flexibility index (Phi) is 5.84. The molecular formula is C15H27N3O2S. The van der Waals surface area contributed by atoms with Gasteiger partial charge in [0.15, 0.2) is 0 Å². The molecule has 1 aliphatic rings. The number of aromatic nitrogens is 1. The van der Waals surface area contributed by atoms with Crippen LogP contribution in [0.5, 0.6) is 0 Å². The van der Waals surface area contributed by atoms with E-state index in [1.54, 1.807) is 16.6 Å². The molecule has 1 aromatic heterocycles. The topological polar surface area (TPSA) is 65.2 Å². The van der Waals surface area contributed by atoms with Crippen LogP contribution in [0.4, 0.5) is 0 Å². The summed E-state index contributed by atoms with van der Waals surface area (Å²) in [6.45, 7) is 6.19. The molecule has 2 N–H and O–H groups in total. The fourth-order valence-corrected chi connectivity index (χ4v) is 4.73. The van der Waals surface area contributed by atoms with Crippen LogP contribution in [0.2, 0.25) is 0 Å². The van der Waals surface area contributed by atoms with Gasteiger partial charge >= 0.3 is 0 Å². The maximum atomic E-state index is 12.8. The number of nitrogens with zero attached hydrogens (tertiary/aromatic N) is 1. The molecule has 21 heavy (non-hydrogen) atoms. The average molecular weight is 313 g/mol. The monoisotopic (exact) mass is 313 g/mol.